The molecule has 0 aromatic rings. The molecule has 2 aliphatic rings. The van der Waals surface area contributed by atoms with E-state index in [0.717, 1.165) is 25.7 Å². The third-order valence-electron chi connectivity index (χ3n) is 5.60. The van der Waals surface area contributed by atoms with Crippen molar-refractivity contribution in [3.63, 3.8) is 0 Å². The van der Waals surface area contributed by atoms with Gasteiger partial charge in [-0.15, -0.1) is 24.8 Å². The van der Waals surface area contributed by atoms with Gasteiger partial charge in [-0.2, -0.15) is 0 Å². The molecule has 144 valence electrons. The van der Waals surface area contributed by atoms with Crippen LogP contribution in [-0.4, -0.2) is 69.5 Å². The standard InChI is InChI=1S/C15H29N3O3S.2ClH/c1-18(2)14(6-4-5-7-14)12-17-13(19)15(22(3,20)21)8-10-16-11-9-15;;/h16H,4-12H2,1-3H3,(H,17,19);2*1H. The van der Waals surface area contributed by atoms with E-state index in [1.54, 1.807) is 0 Å². The number of carbonyl (C=O) groups excluding carboxylic acids is 1. The van der Waals surface area contributed by atoms with E-state index in [-0.39, 0.29) is 36.3 Å². The van der Waals surface area contributed by atoms with Gasteiger partial charge in [-0.1, -0.05) is 12.8 Å². The van der Waals surface area contributed by atoms with Crippen molar-refractivity contribution in [3.05, 3.63) is 0 Å². The monoisotopic (exact) mass is 403 g/mol. The molecule has 1 saturated carbocycles. The predicted molar refractivity (Wildman–Crippen MR) is 102 cm³/mol. The summed E-state index contributed by atoms with van der Waals surface area (Å²) in [4.78, 5) is 14.9. The minimum atomic E-state index is -3.44. The van der Waals surface area contributed by atoms with E-state index in [2.05, 4.69) is 15.5 Å². The molecule has 0 bridgehead atoms. The van der Waals surface area contributed by atoms with Gasteiger partial charge < -0.3 is 15.5 Å². The zero-order valence-electron chi connectivity index (χ0n) is 14.8. The first-order chi connectivity index (χ1) is 10.2. The van der Waals surface area contributed by atoms with Crippen LogP contribution in [0.15, 0.2) is 0 Å². The summed E-state index contributed by atoms with van der Waals surface area (Å²) >= 11 is 0. The van der Waals surface area contributed by atoms with Crippen LogP contribution in [0.2, 0.25) is 0 Å². The molecule has 0 atom stereocenters. The van der Waals surface area contributed by atoms with Crippen molar-refractivity contribution < 1.29 is 13.2 Å². The molecule has 24 heavy (non-hydrogen) atoms. The summed E-state index contributed by atoms with van der Waals surface area (Å²) in [7, 11) is 0.634. The van der Waals surface area contributed by atoms with Crippen LogP contribution in [-0.2, 0) is 14.6 Å². The molecule has 9 heteroatoms. The van der Waals surface area contributed by atoms with E-state index in [0.29, 0.717) is 32.5 Å². The molecule has 2 rings (SSSR count). The summed E-state index contributed by atoms with van der Waals surface area (Å²) in [5.74, 6) is -0.315. The highest BCUT2D eigenvalue weighted by atomic mass is 35.5. The highest BCUT2D eigenvalue weighted by Gasteiger charge is 2.49. The summed E-state index contributed by atoms with van der Waals surface area (Å²) in [6, 6.07) is 0. The van der Waals surface area contributed by atoms with Crippen molar-refractivity contribution in [2.24, 2.45) is 0 Å². The molecular weight excluding hydrogens is 373 g/mol. The zero-order chi connectivity index (χ0) is 16.4. The number of sulfone groups is 1. The third kappa shape index (κ3) is 4.55. The molecule has 1 heterocycles. The van der Waals surface area contributed by atoms with Crippen molar-refractivity contribution in [3.8, 4) is 0 Å². The molecule has 0 radical (unpaired) electrons. The van der Waals surface area contributed by atoms with Crippen LogP contribution in [0.25, 0.3) is 0 Å². The van der Waals surface area contributed by atoms with Crippen LogP contribution >= 0.6 is 24.8 Å². The summed E-state index contributed by atoms with van der Waals surface area (Å²) in [6.07, 6.45) is 6.32. The lowest BCUT2D eigenvalue weighted by atomic mass is 9.93. The van der Waals surface area contributed by atoms with E-state index in [1.165, 1.54) is 6.26 Å². The van der Waals surface area contributed by atoms with Gasteiger partial charge in [0.15, 0.2) is 14.6 Å². The summed E-state index contributed by atoms with van der Waals surface area (Å²) in [5, 5.41) is 6.11. The summed E-state index contributed by atoms with van der Waals surface area (Å²) < 4.78 is 23.3. The average Bonchev–Trinajstić information content (AvgIpc) is 2.94. The molecule has 1 saturated heterocycles. The van der Waals surface area contributed by atoms with Crippen LogP contribution in [0.3, 0.4) is 0 Å². The SMILES string of the molecule is CN(C)C1(CNC(=O)C2(S(C)(=O)=O)CCNCC2)CCCC1.Cl.Cl. The molecule has 0 unspecified atom stereocenters. The minimum absolute atomic E-state index is 0. The fourth-order valence-corrected chi connectivity index (χ4v) is 5.17. The Morgan fingerprint density at radius 3 is 2.00 bits per heavy atom. The van der Waals surface area contributed by atoms with E-state index >= 15 is 0 Å². The number of hydrogen-bond acceptors (Lipinski definition) is 5. The van der Waals surface area contributed by atoms with Crippen molar-refractivity contribution in [2.75, 3.05) is 40.0 Å². The van der Waals surface area contributed by atoms with Crippen LogP contribution in [0.5, 0.6) is 0 Å². The lowest BCUT2D eigenvalue weighted by molar-refractivity contribution is -0.124. The molecule has 2 fully saturated rings. The Morgan fingerprint density at radius 1 is 1.08 bits per heavy atom. The number of hydrogen-bond donors (Lipinski definition) is 2. The Bertz CT molecular complexity index is 514. The van der Waals surface area contributed by atoms with Gasteiger partial charge in [0, 0.05) is 18.3 Å². The number of halogens is 2. The van der Waals surface area contributed by atoms with E-state index < -0.39 is 14.6 Å². The number of piperidine rings is 1. The van der Waals surface area contributed by atoms with E-state index in [1.807, 2.05) is 14.1 Å². The van der Waals surface area contributed by atoms with Crippen molar-refractivity contribution in [1.29, 1.82) is 0 Å². The normalized spacial score (nSPS) is 22.3. The largest absolute Gasteiger partial charge is 0.353 e. The van der Waals surface area contributed by atoms with Gasteiger partial charge in [-0.3, -0.25) is 4.79 Å². The molecule has 0 spiro atoms. The van der Waals surface area contributed by atoms with Gasteiger partial charge in [-0.25, -0.2) is 8.42 Å². The van der Waals surface area contributed by atoms with Gasteiger partial charge in [0.2, 0.25) is 5.91 Å². The van der Waals surface area contributed by atoms with Gasteiger partial charge in [0.1, 0.15) is 0 Å². The molecule has 1 aliphatic heterocycles. The van der Waals surface area contributed by atoms with Crippen molar-refractivity contribution in [2.45, 2.75) is 48.8 Å². The molecule has 0 aromatic carbocycles. The van der Waals surface area contributed by atoms with Gasteiger partial charge in [0.05, 0.1) is 0 Å². The third-order valence-corrected chi connectivity index (χ3v) is 7.61. The maximum Gasteiger partial charge on any atom is 0.241 e. The summed E-state index contributed by atoms with van der Waals surface area (Å²) in [6.45, 7) is 1.67. The highest BCUT2D eigenvalue weighted by molar-refractivity contribution is 7.92. The second kappa shape index (κ2) is 9.03. The number of amides is 1. The van der Waals surface area contributed by atoms with Gasteiger partial charge in [-0.05, 0) is 52.9 Å². The number of nitrogens with one attached hydrogen (secondary N) is 2. The Hall–Kier alpha value is -0.0800. The first-order valence-electron chi connectivity index (χ1n) is 8.10. The van der Waals surface area contributed by atoms with Crippen LogP contribution in [0, 0.1) is 0 Å². The fraction of sp³-hybridized carbons (Fsp3) is 0.933. The van der Waals surface area contributed by atoms with Crippen molar-refractivity contribution >= 4 is 40.6 Å². The van der Waals surface area contributed by atoms with Crippen LogP contribution < -0.4 is 10.6 Å². The molecular formula is C15H31Cl2N3O3S. The fourth-order valence-electron chi connectivity index (χ4n) is 3.82. The van der Waals surface area contributed by atoms with Gasteiger partial charge in [0.25, 0.3) is 0 Å². The number of likely N-dealkylation sites (N-methyl/N-ethyl adjacent to an activating group) is 1. The Labute approximate surface area is 158 Å². The lowest BCUT2D eigenvalue weighted by Gasteiger charge is -2.39. The topological polar surface area (TPSA) is 78.5 Å². The van der Waals surface area contributed by atoms with Gasteiger partial charge >= 0.3 is 0 Å². The molecule has 1 amide bonds. The maximum atomic E-state index is 12.8. The second-order valence-electron chi connectivity index (χ2n) is 7.03. The Kier molecular flexibility index (Phi) is 9.00. The highest BCUT2D eigenvalue weighted by Crippen LogP contribution is 2.34. The summed E-state index contributed by atoms with van der Waals surface area (Å²) in [5.41, 5.74) is -0.0265. The Morgan fingerprint density at radius 2 is 1.58 bits per heavy atom. The van der Waals surface area contributed by atoms with Crippen LogP contribution in [0.1, 0.15) is 38.5 Å². The Balaban J connectivity index is 0.00000264. The molecule has 6 nitrogen and oxygen atoms in total. The van der Waals surface area contributed by atoms with E-state index in [9.17, 15) is 13.2 Å². The predicted octanol–water partition coefficient (Wildman–Crippen LogP) is 0.987. The zero-order valence-corrected chi connectivity index (χ0v) is 17.2. The lowest BCUT2D eigenvalue weighted by Crippen LogP contribution is -2.60. The van der Waals surface area contributed by atoms with Crippen molar-refractivity contribution in [1.82, 2.24) is 15.5 Å². The first-order valence-corrected chi connectivity index (χ1v) is 9.99. The number of carbonyl (C=O) groups is 1. The second-order valence-corrected chi connectivity index (χ2v) is 9.35. The number of nitrogens with zero attached hydrogens (tertiary/aromatic N) is 1. The number of rotatable bonds is 5. The quantitative estimate of drug-likeness (QED) is 0.715. The molecule has 1 aliphatic carbocycles. The molecule has 0 aromatic heterocycles. The minimum Gasteiger partial charge on any atom is -0.353 e. The molecule has 2 N–H and O–H groups in total. The van der Waals surface area contributed by atoms with E-state index in [4.69, 9.17) is 0 Å². The maximum absolute atomic E-state index is 12.8. The first kappa shape index (κ1) is 23.9. The van der Waals surface area contributed by atoms with Crippen LogP contribution in [0.4, 0.5) is 0 Å². The smallest absolute Gasteiger partial charge is 0.241 e. The average molecular weight is 404 g/mol.